The highest BCUT2D eigenvalue weighted by molar-refractivity contribution is 4.94. The fraction of sp³-hybridized carbons (Fsp3) is 1.00. The largest absolute Gasteiger partial charge is 0.383 e. The summed E-state index contributed by atoms with van der Waals surface area (Å²) in [5, 5.41) is 3.57. The van der Waals surface area contributed by atoms with Crippen molar-refractivity contribution in [1.82, 2.24) is 10.2 Å². The van der Waals surface area contributed by atoms with Crippen LogP contribution in [-0.4, -0.2) is 50.3 Å². The Morgan fingerprint density at radius 2 is 2.00 bits per heavy atom. The van der Waals surface area contributed by atoms with Crippen molar-refractivity contribution in [2.75, 3.05) is 27.3 Å². The van der Waals surface area contributed by atoms with Crippen LogP contribution in [0.3, 0.4) is 0 Å². The van der Waals surface area contributed by atoms with Crippen LogP contribution in [0.2, 0.25) is 0 Å². The first kappa shape index (κ1) is 16.9. The zero-order chi connectivity index (χ0) is 14.4. The lowest BCUT2D eigenvalue weighted by atomic mass is 9.75. The first-order valence-corrected chi connectivity index (χ1v) is 7.97. The van der Waals surface area contributed by atoms with E-state index in [1.54, 1.807) is 7.11 Å². The highest BCUT2D eigenvalue weighted by Gasteiger charge is 2.38. The fourth-order valence-corrected chi connectivity index (χ4v) is 3.78. The number of nitrogens with zero attached hydrogens (tertiary/aromatic N) is 1. The van der Waals surface area contributed by atoms with Crippen LogP contribution in [0.15, 0.2) is 0 Å². The fourth-order valence-electron chi connectivity index (χ4n) is 3.78. The van der Waals surface area contributed by atoms with Gasteiger partial charge in [0.05, 0.1) is 6.61 Å². The molecule has 3 heteroatoms. The lowest BCUT2D eigenvalue weighted by Crippen LogP contribution is -2.58. The summed E-state index contributed by atoms with van der Waals surface area (Å²) < 4.78 is 5.32. The molecular formula is C16H34N2O. The molecule has 1 saturated carbocycles. The van der Waals surface area contributed by atoms with Crippen LogP contribution in [0.25, 0.3) is 0 Å². The summed E-state index contributed by atoms with van der Waals surface area (Å²) >= 11 is 0. The Morgan fingerprint density at radius 1 is 1.32 bits per heavy atom. The van der Waals surface area contributed by atoms with Gasteiger partial charge in [-0.2, -0.15) is 0 Å². The highest BCUT2D eigenvalue weighted by atomic mass is 16.5. The summed E-state index contributed by atoms with van der Waals surface area (Å²) in [7, 11) is 3.92. The van der Waals surface area contributed by atoms with E-state index in [9.17, 15) is 0 Å². The number of methoxy groups -OCH3 is 1. The summed E-state index contributed by atoms with van der Waals surface area (Å²) in [6.45, 7) is 11.3. The van der Waals surface area contributed by atoms with Crippen molar-refractivity contribution in [2.45, 2.75) is 65.1 Å². The van der Waals surface area contributed by atoms with Gasteiger partial charge in [0.1, 0.15) is 0 Å². The maximum atomic E-state index is 5.32. The molecule has 1 aliphatic rings. The molecule has 0 aromatic heterocycles. The molecule has 0 bridgehead atoms. The molecular weight excluding hydrogens is 236 g/mol. The van der Waals surface area contributed by atoms with E-state index in [-0.39, 0.29) is 0 Å². The highest BCUT2D eigenvalue weighted by Crippen LogP contribution is 2.33. The second kappa shape index (κ2) is 8.23. The molecule has 1 N–H and O–H groups in total. The van der Waals surface area contributed by atoms with Crippen LogP contribution in [0.4, 0.5) is 0 Å². The third-order valence-electron chi connectivity index (χ3n) is 4.89. The first-order chi connectivity index (χ1) is 9.04. The minimum Gasteiger partial charge on any atom is -0.383 e. The van der Waals surface area contributed by atoms with E-state index < -0.39 is 0 Å². The maximum Gasteiger partial charge on any atom is 0.0589 e. The molecule has 1 aliphatic carbocycles. The van der Waals surface area contributed by atoms with Crippen molar-refractivity contribution in [1.29, 1.82) is 0 Å². The second-order valence-electron chi connectivity index (χ2n) is 6.43. The Balaban J connectivity index is 2.83. The number of hydrogen-bond acceptors (Lipinski definition) is 3. The SMILES string of the molecule is CCC(C)N(CCOC)C1C(C)CC(C)CC1NC. The number of likely N-dealkylation sites (N-methyl/N-ethyl adjacent to an activating group) is 1. The summed E-state index contributed by atoms with van der Waals surface area (Å²) in [4.78, 5) is 2.68. The monoisotopic (exact) mass is 270 g/mol. The lowest BCUT2D eigenvalue weighted by molar-refractivity contribution is 0.0180. The summed E-state index contributed by atoms with van der Waals surface area (Å²) in [5.41, 5.74) is 0. The molecule has 0 saturated heterocycles. The Morgan fingerprint density at radius 3 is 2.53 bits per heavy atom. The van der Waals surface area contributed by atoms with E-state index in [0.29, 0.717) is 18.1 Å². The number of hydrogen-bond donors (Lipinski definition) is 1. The standard InChI is InChI=1S/C16H34N2O/c1-7-14(4)18(8-9-19-6)16-13(3)10-12(2)11-15(16)17-5/h12-17H,7-11H2,1-6H3. The van der Waals surface area contributed by atoms with Gasteiger partial charge in [0.25, 0.3) is 0 Å². The molecule has 0 radical (unpaired) electrons. The molecule has 3 nitrogen and oxygen atoms in total. The predicted molar refractivity (Wildman–Crippen MR) is 82.5 cm³/mol. The summed E-state index contributed by atoms with van der Waals surface area (Å²) in [5.74, 6) is 1.59. The zero-order valence-corrected chi connectivity index (χ0v) is 13.8. The Labute approximate surface area is 120 Å². The average Bonchev–Trinajstić information content (AvgIpc) is 2.39. The van der Waals surface area contributed by atoms with Crippen LogP contribution in [0.5, 0.6) is 0 Å². The van der Waals surface area contributed by atoms with Gasteiger partial charge in [0.15, 0.2) is 0 Å². The van der Waals surface area contributed by atoms with E-state index in [4.69, 9.17) is 4.74 Å². The van der Waals surface area contributed by atoms with Gasteiger partial charge < -0.3 is 10.1 Å². The third kappa shape index (κ3) is 4.44. The minimum absolute atomic E-state index is 0.615. The van der Waals surface area contributed by atoms with Crippen molar-refractivity contribution in [3.8, 4) is 0 Å². The van der Waals surface area contributed by atoms with E-state index >= 15 is 0 Å². The molecule has 5 unspecified atom stereocenters. The van der Waals surface area contributed by atoms with E-state index in [1.165, 1.54) is 19.3 Å². The summed E-state index contributed by atoms with van der Waals surface area (Å²) in [6, 6.07) is 1.89. The lowest BCUT2D eigenvalue weighted by Gasteiger charge is -2.48. The van der Waals surface area contributed by atoms with Crippen LogP contribution in [0, 0.1) is 11.8 Å². The van der Waals surface area contributed by atoms with Crippen molar-refractivity contribution in [3.63, 3.8) is 0 Å². The van der Waals surface area contributed by atoms with E-state index in [1.807, 2.05) is 0 Å². The molecule has 19 heavy (non-hydrogen) atoms. The van der Waals surface area contributed by atoms with Gasteiger partial charge >= 0.3 is 0 Å². The van der Waals surface area contributed by atoms with Gasteiger partial charge in [-0.1, -0.05) is 20.8 Å². The van der Waals surface area contributed by atoms with Crippen LogP contribution < -0.4 is 5.32 Å². The number of nitrogens with one attached hydrogen (secondary N) is 1. The topological polar surface area (TPSA) is 24.5 Å². The van der Waals surface area contributed by atoms with Gasteiger partial charge in [-0.3, -0.25) is 4.90 Å². The Bertz CT molecular complexity index is 247. The van der Waals surface area contributed by atoms with Crippen molar-refractivity contribution >= 4 is 0 Å². The van der Waals surface area contributed by atoms with Gasteiger partial charge in [0.2, 0.25) is 0 Å². The van der Waals surface area contributed by atoms with Crippen LogP contribution in [0.1, 0.15) is 47.0 Å². The summed E-state index contributed by atoms with van der Waals surface area (Å²) in [6.07, 6.45) is 3.85. The molecule has 5 atom stereocenters. The first-order valence-electron chi connectivity index (χ1n) is 7.97. The molecule has 0 aromatic carbocycles. The van der Waals surface area contributed by atoms with E-state index in [0.717, 1.165) is 25.0 Å². The molecule has 1 fully saturated rings. The van der Waals surface area contributed by atoms with Gasteiger partial charge in [-0.15, -0.1) is 0 Å². The Hall–Kier alpha value is -0.120. The average molecular weight is 270 g/mol. The normalized spacial score (nSPS) is 33.6. The van der Waals surface area contributed by atoms with Crippen LogP contribution in [-0.2, 0) is 4.74 Å². The maximum absolute atomic E-state index is 5.32. The molecule has 0 heterocycles. The van der Waals surface area contributed by atoms with Crippen LogP contribution >= 0.6 is 0 Å². The third-order valence-corrected chi connectivity index (χ3v) is 4.89. The smallest absolute Gasteiger partial charge is 0.0589 e. The molecule has 1 rings (SSSR count). The van der Waals surface area contributed by atoms with Crippen molar-refractivity contribution < 1.29 is 4.74 Å². The molecule has 0 aromatic rings. The van der Waals surface area contributed by atoms with E-state index in [2.05, 4.69) is 45.0 Å². The number of rotatable bonds is 7. The molecule has 0 aliphatic heterocycles. The van der Waals surface area contributed by atoms with Gasteiger partial charge in [-0.25, -0.2) is 0 Å². The molecule has 0 spiro atoms. The quantitative estimate of drug-likeness (QED) is 0.770. The van der Waals surface area contributed by atoms with Crippen molar-refractivity contribution in [3.05, 3.63) is 0 Å². The zero-order valence-electron chi connectivity index (χ0n) is 13.8. The number of ether oxygens (including phenoxy) is 1. The molecule has 114 valence electrons. The van der Waals surface area contributed by atoms with Gasteiger partial charge in [-0.05, 0) is 45.1 Å². The second-order valence-corrected chi connectivity index (χ2v) is 6.43. The van der Waals surface area contributed by atoms with Gasteiger partial charge in [0, 0.05) is 31.8 Å². The Kier molecular flexibility index (Phi) is 7.33. The predicted octanol–water partition coefficient (Wildman–Crippen LogP) is 2.76. The minimum atomic E-state index is 0.615. The molecule has 0 amide bonds. The van der Waals surface area contributed by atoms with Crippen molar-refractivity contribution in [2.24, 2.45) is 11.8 Å².